The SMILES string of the molecule is CCC(N)CC(=O)Nc1ccc(SC(F)(F)F)cc1. The van der Waals surface area contributed by atoms with Crippen molar-refractivity contribution >= 4 is 23.4 Å². The van der Waals surface area contributed by atoms with Crippen molar-refractivity contribution in [2.24, 2.45) is 5.73 Å². The van der Waals surface area contributed by atoms with E-state index >= 15 is 0 Å². The molecule has 1 amide bonds. The average Bonchev–Trinajstić information content (AvgIpc) is 2.29. The first-order valence-corrected chi connectivity index (χ1v) is 6.53. The lowest BCUT2D eigenvalue weighted by Crippen LogP contribution is -2.26. The van der Waals surface area contributed by atoms with E-state index < -0.39 is 5.51 Å². The molecule has 0 heterocycles. The largest absolute Gasteiger partial charge is 0.446 e. The van der Waals surface area contributed by atoms with E-state index in [0.717, 1.165) is 0 Å². The molecule has 3 N–H and O–H groups in total. The van der Waals surface area contributed by atoms with Crippen LogP contribution in [0.25, 0.3) is 0 Å². The zero-order valence-electron chi connectivity index (χ0n) is 10.3. The number of carbonyl (C=O) groups excluding carboxylic acids is 1. The average molecular weight is 292 g/mol. The minimum atomic E-state index is -4.31. The monoisotopic (exact) mass is 292 g/mol. The molecular weight excluding hydrogens is 277 g/mol. The number of halogens is 3. The molecule has 0 aliphatic rings. The second-order valence-electron chi connectivity index (χ2n) is 3.99. The Morgan fingerprint density at radius 3 is 2.42 bits per heavy atom. The second kappa shape index (κ2) is 6.81. The normalized spacial score (nSPS) is 13.1. The molecular formula is C12H15F3N2OS. The highest BCUT2D eigenvalue weighted by Crippen LogP contribution is 2.36. The minimum Gasteiger partial charge on any atom is -0.327 e. The number of hydrogen-bond donors (Lipinski definition) is 2. The molecule has 1 aromatic carbocycles. The van der Waals surface area contributed by atoms with Crippen LogP contribution in [0.5, 0.6) is 0 Å². The van der Waals surface area contributed by atoms with Gasteiger partial charge in [-0.25, -0.2) is 0 Å². The van der Waals surface area contributed by atoms with Crippen LogP contribution in [-0.2, 0) is 4.79 Å². The summed E-state index contributed by atoms with van der Waals surface area (Å²) in [4.78, 5) is 11.6. The number of carbonyl (C=O) groups is 1. The fourth-order valence-electron chi connectivity index (χ4n) is 1.33. The fraction of sp³-hybridized carbons (Fsp3) is 0.417. The van der Waals surface area contributed by atoms with Gasteiger partial charge in [0.2, 0.25) is 5.91 Å². The smallest absolute Gasteiger partial charge is 0.327 e. The standard InChI is InChI=1S/C12H15F3N2OS/c1-2-8(16)7-11(18)17-9-3-5-10(6-4-9)19-12(13,14)15/h3-6,8H,2,7,16H2,1H3,(H,17,18). The maximum Gasteiger partial charge on any atom is 0.446 e. The lowest BCUT2D eigenvalue weighted by Gasteiger charge is -2.10. The van der Waals surface area contributed by atoms with E-state index in [1.807, 2.05) is 6.92 Å². The summed E-state index contributed by atoms with van der Waals surface area (Å²) >= 11 is -0.190. The Balaban J connectivity index is 2.55. The number of anilines is 1. The van der Waals surface area contributed by atoms with Crippen LogP contribution in [0.2, 0.25) is 0 Å². The highest BCUT2D eigenvalue weighted by molar-refractivity contribution is 8.00. The van der Waals surface area contributed by atoms with Crippen LogP contribution in [0, 0.1) is 0 Å². The van der Waals surface area contributed by atoms with Crippen LogP contribution in [0.1, 0.15) is 19.8 Å². The molecule has 106 valence electrons. The van der Waals surface area contributed by atoms with Crippen LogP contribution in [0.4, 0.5) is 18.9 Å². The summed E-state index contributed by atoms with van der Waals surface area (Å²) in [6.07, 6.45) is 0.879. The summed E-state index contributed by atoms with van der Waals surface area (Å²) in [5.74, 6) is -0.245. The summed E-state index contributed by atoms with van der Waals surface area (Å²) in [5, 5.41) is 2.59. The Morgan fingerprint density at radius 1 is 1.37 bits per heavy atom. The van der Waals surface area contributed by atoms with Gasteiger partial charge >= 0.3 is 5.51 Å². The Hall–Kier alpha value is -1.21. The number of nitrogens with one attached hydrogen (secondary N) is 1. The van der Waals surface area contributed by atoms with Crippen LogP contribution < -0.4 is 11.1 Å². The van der Waals surface area contributed by atoms with Crippen molar-refractivity contribution in [2.75, 3.05) is 5.32 Å². The van der Waals surface area contributed by atoms with E-state index in [9.17, 15) is 18.0 Å². The lowest BCUT2D eigenvalue weighted by atomic mass is 10.1. The van der Waals surface area contributed by atoms with Gasteiger partial charge in [0.15, 0.2) is 0 Å². The van der Waals surface area contributed by atoms with Crippen LogP contribution in [0.3, 0.4) is 0 Å². The lowest BCUT2D eigenvalue weighted by molar-refractivity contribution is -0.116. The van der Waals surface area contributed by atoms with E-state index in [-0.39, 0.29) is 35.0 Å². The summed E-state index contributed by atoms with van der Waals surface area (Å²) in [7, 11) is 0. The molecule has 19 heavy (non-hydrogen) atoms. The number of rotatable bonds is 5. The molecule has 0 aromatic heterocycles. The molecule has 0 bridgehead atoms. The Labute approximate surface area is 113 Å². The third-order valence-corrected chi connectivity index (χ3v) is 3.08. The van der Waals surface area contributed by atoms with Gasteiger partial charge in [0.1, 0.15) is 0 Å². The molecule has 0 aliphatic heterocycles. The Bertz CT molecular complexity index is 420. The quantitative estimate of drug-likeness (QED) is 0.818. The fourth-order valence-corrected chi connectivity index (χ4v) is 1.87. The molecule has 1 aromatic rings. The number of nitrogens with two attached hydrogens (primary N) is 1. The number of benzene rings is 1. The molecule has 1 unspecified atom stereocenters. The van der Waals surface area contributed by atoms with E-state index in [1.165, 1.54) is 24.3 Å². The van der Waals surface area contributed by atoms with E-state index in [0.29, 0.717) is 12.1 Å². The van der Waals surface area contributed by atoms with E-state index in [4.69, 9.17) is 5.73 Å². The van der Waals surface area contributed by atoms with Crippen molar-refractivity contribution < 1.29 is 18.0 Å². The second-order valence-corrected chi connectivity index (χ2v) is 5.13. The first-order valence-electron chi connectivity index (χ1n) is 5.71. The van der Waals surface area contributed by atoms with Gasteiger partial charge in [-0.1, -0.05) is 6.92 Å². The Morgan fingerprint density at radius 2 is 1.95 bits per heavy atom. The van der Waals surface area contributed by atoms with Gasteiger partial charge in [0.25, 0.3) is 0 Å². The van der Waals surface area contributed by atoms with Gasteiger partial charge < -0.3 is 11.1 Å². The highest BCUT2D eigenvalue weighted by Gasteiger charge is 2.29. The van der Waals surface area contributed by atoms with Gasteiger partial charge in [-0.2, -0.15) is 13.2 Å². The summed E-state index contributed by atoms with van der Waals surface area (Å²) in [6, 6.07) is 5.29. The summed E-state index contributed by atoms with van der Waals surface area (Å²) < 4.78 is 36.3. The Kier molecular flexibility index (Phi) is 5.68. The number of thioether (sulfide) groups is 1. The van der Waals surface area contributed by atoms with Crippen molar-refractivity contribution in [3.63, 3.8) is 0 Å². The van der Waals surface area contributed by atoms with Gasteiger partial charge in [-0.15, -0.1) is 0 Å². The first-order chi connectivity index (χ1) is 8.80. The molecule has 1 atom stereocenters. The number of hydrogen-bond acceptors (Lipinski definition) is 3. The van der Waals surface area contributed by atoms with E-state index in [1.54, 1.807) is 0 Å². The zero-order valence-corrected chi connectivity index (χ0v) is 11.1. The van der Waals surface area contributed by atoms with Crippen LogP contribution in [-0.4, -0.2) is 17.5 Å². The van der Waals surface area contributed by atoms with Crippen molar-refractivity contribution in [3.05, 3.63) is 24.3 Å². The maximum atomic E-state index is 12.1. The van der Waals surface area contributed by atoms with Crippen LogP contribution >= 0.6 is 11.8 Å². The molecule has 7 heteroatoms. The van der Waals surface area contributed by atoms with Gasteiger partial charge in [0, 0.05) is 23.0 Å². The third-order valence-electron chi connectivity index (χ3n) is 2.34. The van der Waals surface area contributed by atoms with Gasteiger partial charge in [-0.05, 0) is 42.4 Å². The van der Waals surface area contributed by atoms with E-state index in [2.05, 4.69) is 5.32 Å². The molecule has 0 fully saturated rings. The molecule has 0 spiro atoms. The molecule has 3 nitrogen and oxygen atoms in total. The maximum absolute atomic E-state index is 12.1. The number of alkyl halides is 3. The molecule has 1 rings (SSSR count). The highest BCUT2D eigenvalue weighted by atomic mass is 32.2. The van der Waals surface area contributed by atoms with Crippen molar-refractivity contribution in [3.8, 4) is 0 Å². The van der Waals surface area contributed by atoms with Crippen molar-refractivity contribution in [2.45, 2.75) is 36.2 Å². The first kappa shape index (κ1) is 15.8. The summed E-state index contributed by atoms with van der Waals surface area (Å²) in [5.41, 5.74) is 1.78. The van der Waals surface area contributed by atoms with Crippen molar-refractivity contribution in [1.82, 2.24) is 0 Å². The van der Waals surface area contributed by atoms with Gasteiger partial charge in [-0.3, -0.25) is 4.79 Å². The predicted molar refractivity (Wildman–Crippen MR) is 69.9 cm³/mol. The molecule has 0 saturated heterocycles. The zero-order chi connectivity index (χ0) is 14.5. The predicted octanol–water partition coefficient (Wildman–Crippen LogP) is 3.36. The third kappa shape index (κ3) is 6.49. The topological polar surface area (TPSA) is 55.1 Å². The van der Waals surface area contributed by atoms with Gasteiger partial charge in [0.05, 0.1) is 0 Å². The molecule has 0 radical (unpaired) electrons. The molecule has 0 saturated carbocycles. The molecule has 0 aliphatic carbocycles. The number of amides is 1. The van der Waals surface area contributed by atoms with Crippen LogP contribution in [0.15, 0.2) is 29.2 Å². The summed E-state index contributed by atoms with van der Waals surface area (Å²) in [6.45, 7) is 1.88. The minimum absolute atomic E-state index is 0.0794. The van der Waals surface area contributed by atoms with Crippen molar-refractivity contribution in [1.29, 1.82) is 0 Å².